The van der Waals surface area contributed by atoms with Crippen LogP contribution in [0.5, 0.6) is 11.8 Å². The van der Waals surface area contributed by atoms with Gasteiger partial charge in [0.15, 0.2) is 5.82 Å². The molecule has 16 nitrogen and oxygen atoms in total. The third-order valence-electron chi connectivity index (χ3n) is 16.0. The van der Waals surface area contributed by atoms with Crippen molar-refractivity contribution in [2.75, 3.05) is 81.9 Å². The van der Waals surface area contributed by atoms with E-state index in [1.165, 1.54) is 29.0 Å². The average molecular weight is 973 g/mol. The quantitative estimate of drug-likeness (QED) is 0.121. The van der Waals surface area contributed by atoms with E-state index in [1.54, 1.807) is 24.6 Å². The number of carbonyl (C=O) groups is 2. The van der Waals surface area contributed by atoms with Crippen molar-refractivity contribution in [3.63, 3.8) is 0 Å². The van der Waals surface area contributed by atoms with Crippen LogP contribution in [0.4, 0.5) is 20.3 Å². The minimum Gasteiger partial charge on any atom is -0.508 e. The van der Waals surface area contributed by atoms with Gasteiger partial charge in [0.1, 0.15) is 34.6 Å². The van der Waals surface area contributed by atoms with Crippen LogP contribution in [0.3, 0.4) is 0 Å². The van der Waals surface area contributed by atoms with Crippen LogP contribution in [0.2, 0.25) is 0 Å². The maximum atomic E-state index is 17.1. The summed E-state index contributed by atoms with van der Waals surface area (Å²) >= 11 is 0. The van der Waals surface area contributed by atoms with Gasteiger partial charge in [0.05, 0.1) is 28.6 Å². The zero-order chi connectivity index (χ0) is 49.3. The minimum atomic E-state index is -0.970. The number of rotatable bonds is 12. The number of pyridine rings is 1. The number of aliphatic hydroxyl groups is 1. The van der Waals surface area contributed by atoms with Crippen LogP contribution in [-0.2, 0) is 23.1 Å². The van der Waals surface area contributed by atoms with Gasteiger partial charge in [-0.3, -0.25) is 29.0 Å². The van der Waals surface area contributed by atoms with Gasteiger partial charge in [-0.05, 0) is 117 Å². The van der Waals surface area contributed by atoms with Crippen LogP contribution in [0.15, 0.2) is 53.5 Å². The number of aryl methyl sites for hydroxylation is 2. The number of fused-ring (bicyclic) bond motifs is 3. The van der Waals surface area contributed by atoms with Crippen LogP contribution in [0.25, 0.3) is 44.0 Å². The van der Waals surface area contributed by atoms with E-state index in [2.05, 4.69) is 30.0 Å². The Kier molecular flexibility index (Phi) is 12.2. The average Bonchev–Trinajstić information content (AvgIpc) is 4.08. The summed E-state index contributed by atoms with van der Waals surface area (Å²) in [7, 11) is 1.73. The Morgan fingerprint density at radius 2 is 1.66 bits per heavy atom. The van der Waals surface area contributed by atoms with Crippen LogP contribution >= 0.6 is 0 Å². The number of hydrogen-bond donors (Lipinski definition) is 3. The third-order valence-corrected chi connectivity index (χ3v) is 16.0. The summed E-state index contributed by atoms with van der Waals surface area (Å²) in [5.74, 6) is -0.959. The molecule has 2 amide bonds. The molecule has 11 rings (SSSR count). The van der Waals surface area contributed by atoms with Gasteiger partial charge in [0.2, 0.25) is 11.8 Å². The monoisotopic (exact) mass is 972 g/mol. The molecule has 4 aliphatic heterocycles. The highest BCUT2D eigenvalue weighted by Gasteiger charge is 2.46. The number of piperazine rings is 1. The highest BCUT2D eigenvalue weighted by molar-refractivity contribution is 6.02. The number of carbonyl (C=O) groups excluding carboxylic acids is 2. The zero-order valence-corrected chi connectivity index (χ0v) is 40.7. The molecule has 5 fully saturated rings. The second-order valence-corrected chi connectivity index (χ2v) is 21.2. The molecule has 4 saturated heterocycles. The predicted octanol–water partition coefficient (Wildman–Crippen LogP) is 6.07. The molecule has 0 spiro atoms. The van der Waals surface area contributed by atoms with E-state index in [9.17, 15) is 24.6 Å². The molecule has 0 bridgehead atoms. The standard InChI is InChI=1S/C53H62F2N10O6/c1-4-36-39(54)8-6-33-24-35(66)26-37(44(33)36)46-45(55)47-38(27-56-46)48(64-17-5-14-52(2,70)29-64)59-50(58-47)71-31-53(15-16-53)30-62-22-20-61(21-23-62)28-32-12-18-63(19-13-32)34-7-9-40-42(25-34)60(3)51(69)65(40)41-10-11-43(67)57-49(41)68/h6-9,24-27,32,41,66,70H,4-5,10-23,28-31H2,1-3H3,(H,57,67,68)/t41?,52-/m1/s1. The molecule has 71 heavy (non-hydrogen) atoms. The molecule has 18 heteroatoms. The van der Waals surface area contributed by atoms with Gasteiger partial charge in [-0.1, -0.05) is 13.0 Å². The molecule has 1 aliphatic carbocycles. The second kappa shape index (κ2) is 18.4. The van der Waals surface area contributed by atoms with E-state index < -0.39 is 29.2 Å². The van der Waals surface area contributed by atoms with Gasteiger partial charge in [0.25, 0.3) is 0 Å². The highest BCUT2D eigenvalue weighted by atomic mass is 19.1. The maximum absolute atomic E-state index is 17.1. The number of aromatic nitrogens is 5. The number of halogens is 2. The number of β-amino-alcohol motifs (C(OH)–C–C–N with tert-alkyl or cyclic N) is 1. The number of phenols is 1. The van der Waals surface area contributed by atoms with Crippen molar-refractivity contribution in [2.45, 2.75) is 83.3 Å². The predicted molar refractivity (Wildman–Crippen MR) is 267 cm³/mol. The molecule has 7 heterocycles. The van der Waals surface area contributed by atoms with Crippen molar-refractivity contribution in [1.29, 1.82) is 0 Å². The lowest BCUT2D eigenvalue weighted by atomic mass is 9.94. The van der Waals surface area contributed by atoms with Crippen molar-refractivity contribution >= 4 is 56.0 Å². The molecule has 3 aromatic heterocycles. The number of nitrogens with zero attached hydrogens (tertiary/aromatic N) is 9. The number of nitrogens with one attached hydrogen (secondary N) is 1. The lowest BCUT2D eigenvalue weighted by Gasteiger charge is -2.40. The number of imide groups is 1. The molecular weight excluding hydrogens is 911 g/mol. The lowest BCUT2D eigenvalue weighted by Crippen LogP contribution is -2.50. The van der Waals surface area contributed by atoms with Crippen molar-refractivity contribution in [3.05, 3.63) is 76.3 Å². The third kappa shape index (κ3) is 9.07. The zero-order valence-electron chi connectivity index (χ0n) is 40.7. The number of piperidine rings is 3. The molecule has 5 aliphatic rings. The number of phenolic OH excluding ortho intramolecular Hbond substituents is 1. The number of anilines is 2. The van der Waals surface area contributed by atoms with Crippen LogP contribution in [0, 0.1) is 23.0 Å². The van der Waals surface area contributed by atoms with E-state index in [4.69, 9.17) is 9.72 Å². The molecule has 3 aromatic carbocycles. The number of aromatic hydroxyl groups is 1. The van der Waals surface area contributed by atoms with Crippen LogP contribution < -0.4 is 25.5 Å². The first-order chi connectivity index (χ1) is 34.2. The summed E-state index contributed by atoms with van der Waals surface area (Å²) in [5.41, 5.74) is 1.83. The van der Waals surface area contributed by atoms with Gasteiger partial charge >= 0.3 is 11.7 Å². The first-order valence-corrected chi connectivity index (χ1v) is 25.3. The number of imidazole rings is 1. The van der Waals surface area contributed by atoms with Gasteiger partial charge in [-0.2, -0.15) is 9.97 Å². The van der Waals surface area contributed by atoms with Gasteiger partial charge < -0.3 is 34.5 Å². The lowest BCUT2D eigenvalue weighted by molar-refractivity contribution is -0.135. The van der Waals surface area contributed by atoms with Crippen LogP contribution in [0.1, 0.15) is 76.8 Å². The Morgan fingerprint density at radius 3 is 2.39 bits per heavy atom. The SMILES string of the molecule is CCc1c(F)ccc2cc(O)cc(-c3ncc4c(N5CCC[C@@](C)(O)C5)nc(OCC5(CN6CCN(CC7CCN(c8ccc9c(c8)n(C)c(=O)n9C8CCC(=O)NC8=O)CC7)CC6)CC5)nc4c3F)c12. The van der Waals surface area contributed by atoms with Crippen molar-refractivity contribution in [1.82, 2.24) is 39.2 Å². The number of hydrogen-bond acceptors (Lipinski definition) is 13. The normalized spacial score (nSPS) is 22.5. The van der Waals surface area contributed by atoms with Crippen molar-refractivity contribution < 1.29 is 33.3 Å². The molecule has 374 valence electrons. The van der Waals surface area contributed by atoms with Crippen molar-refractivity contribution in [2.24, 2.45) is 18.4 Å². The Bertz CT molecular complexity index is 3140. The largest absolute Gasteiger partial charge is 0.508 e. The summed E-state index contributed by atoms with van der Waals surface area (Å²) in [6.45, 7) is 12.5. The fourth-order valence-corrected chi connectivity index (χ4v) is 11.8. The summed E-state index contributed by atoms with van der Waals surface area (Å²) in [6.07, 6.45) is 7.88. The van der Waals surface area contributed by atoms with E-state index in [0.29, 0.717) is 77.9 Å². The fraction of sp³-hybridized carbons (Fsp3) is 0.509. The Morgan fingerprint density at radius 1 is 0.887 bits per heavy atom. The summed E-state index contributed by atoms with van der Waals surface area (Å²) in [6, 6.07) is 11.2. The minimum absolute atomic E-state index is 0.00615. The maximum Gasteiger partial charge on any atom is 0.329 e. The van der Waals surface area contributed by atoms with Gasteiger partial charge in [0, 0.05) is 102 Å². The molecule has 3 N–H and O–H groups in total. The number of ether oxygens (including phenoxy) is 1. The van der Waals surface area contributed by atoms with E-state index in [1.807, 2.05) is 30.0 Å². The first kappa shape index (κ1) is 47.1. The number of benzene rings is 3. The molecule has 6 aromatic rings. The molecule has 1 saturated carbocycles. The molecule has 2 atom stereocenters. The Labute approximate surface area is 410 Å². The Balaban J connectivity index is 0.735. The molecular formula is C53H62F2N10O6. The highest BCUT2D eigenvalue weighted by Crippen LogP contribution is 2.47. The summed E-state index contributed by atoms with van der Waals surface area (Å²) < 4.78 is 41.9. The first-order valence-electron chi connectivity index (χ1n) is 25.3. The van der Waals surface area contributed by atoms with E-state index >= 15 is 8.78 Å². The fourth-order valence-electron chi connectivity index (χ4n) is 11.8. The van der Waals surface area contributed by atoms with Crippen LogP contribution in [-0.4, -0.2) is 134 Å². The second-order valence-electron chi connectivity index (χ2n) is 21.2. The van der Waals surface area contributed by atoms with Crippen molar-refractivity contribution in [3.8, 4) is 23.0 Å². The van der Waals surface area contributed by atoms with E-state index in [0.717, 1.165) is 95.7 Å². The number of amides is 2. The van der Waals surface area contributed by atoms with Gasteiger partial charge in [-0.25, -0.2) is 13.6 Å². The van der Waals surface area contributed by atoms with E-state index in [-0.39, 0.29) is 52.0 Å². The van der Waals surface area contributed by atoms with Gasteiger partial charge in [-0.15, -0.1) is 0 Å². The molecule has 1 unspecified atom stereocenters. The summed E-state index contributed by atoms with van der Waals surface area (Å²) in [4.78, 5) is 61.4. The molecule has 0 radical (unpaired) electrons. The Hall–Kier alpha value is -6.24. The topological polar surface area (TPSA) is 174 Å². The smallest absolute Gasteiger partial charge is 0.329 e. The summed E-state index contributed by atoms with van der Waals surface area (Å²) in [5, 5.41) is 25.6.